The van der Waals surface area contributed by atoms with Gasteiger partial charge in [-0.3, -0.25) is 9.69 Å². The number of hydrogen-bond acceptors (Lipinski definition) is 5. The minimum absolute atomic E-state index is 0. The summed E-state index contributed by atoms with van der Waals surface area (Å²) in [7, 11) is 0. The number of amides is 1. The van der Waals surface area contributed by atoms with E-state index < -0.39 is 0 Å². The lowest BCUT2D eigenvalue weighted by Crippen LogP contribution is -2.48. The second kappa shape index (κ2) is 11.2. The van der Waals surface area contributed by atoms with Crippen molar-refractivity contribution >= 4 is 71.8 Å². The Morgan fingerprint density at radius 3 is 2.42 bits per heavy atom. The van der Waals surface area contributed by atoms with Gasteiger partial charge in [0.2, 0.25) is 0 Å². The number of carbonyl (C=O) groups is 1. The third kappa shape index (κ3) is 6.15. The maximum absolute atomic E-state index is 12.6. The number of hydrogen-bond donors (Lipinski definition) is 1. The third-order valence-electron chi connectivity index (χ3n) is 3.94. The first-order chi connectivity index (χ1) is 11.0. The maximum atomic E-state index is 12.6. The molecule has 1 aromatic heterocycles. The molecule has 0 atom stereocenters. The number of aryl methyl sites for hydroxylation is 1. The zero-order chi connectivity index (χ0) is 16.4. The van der Waals surface area contributed by atoms with E-state index in [0.717, 1.165) is 30.3 Å². The highest BCUT2D eigenvalue weighted by molar-refractivity contribution is 7.09. The molecule has 3 rings (SSSR count). The lowest BCUT2D eigenvalue weighted by molar-refractivity contribution is 0.0627. The fraction of sp³-hybridized carbons (Fsp3) is 0.375. The summed E-state index contributed by atoms with van der Waals surface area (Å²) in [6.07, 6.45) is 0. The van der Waals surface area contributed by atoms with Crippen LogP contribution in [0.2, 0.25) is 5.02 Å². The zero-order valence-corrected chi connectivity index (χ0v) is 18.2. The van der Waals surface area contributed by atoms with E-state index >= 15 is 0 Å². The number of anilines is 1. The van der Waals surface area contributed by atoms with Crippen molar-refractivity contribution in [2.45, 2.75) is 13.5 Å². The number of thiazole rings is 1. The van der Waals surface area contributed by atoms with Crippen molar-refractivity contribution in [3.63, 3.8) is 0 Å². The van der Waals surface area contributed by atoms with Crippen LogP contribution >= 0.6 is 60.2 Å². The number of aromatic nitrogens is 1. The van der Waals surface area contributed by atoms with Gasteiger partial charge in [0.1, 0.15) is 0 Å². The van der Waals surface area contributed by atoms with Crippen LogP contribution in [0.3, 0.4) is 0 Å². The molecule has 2 N–H and O–H groups in total. The quantitative estimate of drug-likeness (QED) is 0.706. The van der Waals surface area contributed by atoms with Gasteiger partial charge in [-0.05, 0) is 25.1 Å². The van der Waals surface area contributed by atoms with Gasteiger partial charge in [-0.2, -0.15) is 0 Å². The summed E-state index contributed by atoms with van der Waals surface area (Å²) in [6, 6.07) is 5.03. The van der Waals surface area contributed by atoms with Crippen molar-refractivity contribution in [3.8, 4) is 0 Å². The van der Waals surface area contributed by atoms with Crippen molar-refractivity contribution in [2.75, 3.05) is 31.9 Å². The highest BCUT2D eigenvalue weighted by atomic mass is 35.5. The number of nitrogens with zero attached hydrogens (tertiary/aromatic N) is 3. The molecule has 1 aliphatic rings. The molecular weight excluding hydrogens is 438 g/mol. The zero-order valence-electron chi connectivity index (χ0n) is 14.2. The van der Waals surface area contributed by atoms with Crippen LogP contribution in [0.5, 0.6) is 0 Å². The standard InChI is InChI=1S/C16H19ClN4OS.3ClH/c1-11-19-13(10-23-11)9-20-4-6-21(7-5-20)16(22)14-3-2-12(18)8-15(14)17;;;/h2-3,8,10H,4-7,9,18H2,1H3;3*1H. The van der Waals surface area contributed by atoms with E-state index in [1.807, 2.05) is 11.8 Å². The third-order valence-corrected chi connectivity index (χ3v) is 5.07. The van der Waals surface area contributed by atoms with Gasteiger partial charge >= 0.3 is 0 Å². The molecule has 0 spiro atoms. The lowest BCUT2D eigenvalue weighted by atomic mass is 10.1. The second-order valence-electron chi connectivity index (χ2n) is 5.67. The first-order valence-corrected chi connectivity index (χ1v) is 8.76. The van der Waals surface area contributed by atoms with E-state index in [1.165, 1.54) is 0 Å². The van der Waals surface area contributed by atoms with Crippen LogP contribution in [-0.2, 0) is 6.54 Å². The van der Waals surface area contributed by atoms with Crippen LogP contribution in [0.25, 0.3) is 0 Å². The van der Waals surface area contributed by atoms with Crippen LogP contribution in [0.1, 0.15) is 21.1 Å². The Kier molecular flexibility index (Phi) is 10.8. The molecule has 2 heterocycles. The van der Waals surface area contributed by atoms with Gasteiger partial charge in [-0.1, -0.05) is 11.6 Å². The number of halogens is 4. The summed E-state index contributed by atoms with van der Waals surface area (Å²) < 4.78 is 0. The molecule has 2 aromatic rings. The smallest absolute Gasteiger partial charge is 0.255 e. The van der Waals surface area contributed by atoms with Crippen LogP contribution in [0.4, 0.5) is 5.69 Å². The fourth-order valence-corrected chi connectivity index (χ4v) is 3.57. The van der Waals surface area contributed by atoms with E-state index in [0.29, 0.717) is 29.4 Å². The molecule has 10 heteroatoms. The maximum Gasteiger partial charge on any atom is 0.255 e. The Morgan fingerprint density at radius 2 is 1.88 bits per heavy atom. The summed E-state index contributed by atoms with van der Waals surface area (Å²) in [5.41, 5.74) is 7.87. The molecule has 146 valence electrons. The van der Waals surface area contributed by atoms with Gasteiger partial charge in [0.15, 0.2) is 0 Å². The van der Waals surface area contributed by atoms with Crippen molar-refractivity contribution in [3.05, 3.63) is 44.9 Å². The normalized spacial score (nSPS) is 14.0. The molecule has 1 fully saturated rings. The first kappa shape index (κ1) is 25.2. The summed E-state index contributed by atoms with van der Waals surface area (Å²) in [4.78, 5) is 21.2. The molecule has 0 saturated carbocycles. The highest BCUT2D eigenvalue weighted by Crippen LogP contribution is 2.21. The number of nitrogen functional groups attached to an aromatic ring is 1. The van der Waals surface area contributed by atoms with Gasteiger partial charge < -0.3 is 10.6 Å². The van der Waals surface area contributed by atoms with Crippen LogP contribution in [0, 0.1) is 6.92 Å². The molecular formula is C16H22Cl4N4OS. The first-order valence-electron chi connectivity index (χ1n) is 7.50. The Morgan fingerprint density at radius 1 is 1.23 bits per heavy atom. The highest BCUT2D eigenvalue weighted by Gasteiger charge is 2.23. The molecule has 0 aliphatic carbocycles. The van der Waals surface area contributed by atoms with Gasteiger partial charge in [-0.15, -0.1) is 48.6 Å². The Balaban J connectivity index is 0.00000208. The predicted molar refractivity (Wildman–Crippen MR) is 116 cm³/mol. The van der Waals surface area contributed by atoms with Crippen LogP contribution in [0.15, 0.2) is 23.6 Å². The Bertz CT molecular complexity index is 720. The molecule has 1 saturated heterocycles. The second-order valence-corrected chi connectivity index (χ2v) is 7.13. The SMILES string of the molecule is Cc1nc(CN2CCN(C(=O)c3ccc(N)cc3Cl)CC2)cs1.Cl.Cl.Cl. The lowest BCUT2D eigenvalue weighted by Gasteiger charge is -2.34. The molecule has 0 radical (unpaired) electrons. The average molecular weight is 460 g/mol. The van der Waals surface area contributed by atoms with Gasteiger partial charge in [0.25, 0.3) is 5.91 Å². The molecule has 5 nitrogen and oxygen atoms in total. The summed E-state index contributed by atoms with van der Waals surface area (Å²) in [5, 5.41) is 3.60. The molecule has 26 heavy (non-hydrogen) atoms. The summed E-state index contributed by atoms with van der Waals surface area (Å²) in [5.74, 6) is -0.0286. The number of piperazine rings is 1. The van der Waals surface area contributed by atoms with E-state index in [1.54, 1.807) is 29.5 Å². The van der Waals surface area contributed by atoms with Crippen molar-refractivity contribution in [2.24, 2.45) is 0 Å². The van der Waals surface area contributed by atoms with Gasteiger partial charge in [-0.25, -0.2) is 4.98 Å². The molecule has 1 aliphatic heterocycles. The van der Waals surface area contributed by atoms with Gasteiger partial charge in [0, 0.05) is 43.8 Å². The Hall–Kier alpha value is -0.760. The largest absolute Gasteiger partial charge is 0.399 e. The van der Waals surface area contributed by atoms with E-state index in [9.17, 15) is 4.79 Å². The minimum atomic E-state index is -0.0286. The van der Waals surface area contributed by atoms with Gasteiger partial charge in [0.05, 0.1) is 21.3 Å². The van der Waals surface area contributed by atoms with Crippen LogP contribution in [-0.4, -0.2) is 46.9 Å². The predicted octanol–water partition coefficient (Wildman–Crippen LogP) is 3.91. The van der Waals surface area contributed by atoms with Crippen molar-refractivity contribution in [1.29, 1.82) is 0 Å². The van der Waals surface area contributed by atoms with Crippen LogP contribution < -0.4 is 5.73 Å². The fourth-order valence-electron chi connectivity index (χ4n) is 2.69. The van der Waals surface area contributed by atoms with Crippen molar-refractivity contribution < 1.29 is 4.79 Å². The Labute approximate surface area is 181 Å². The number of benzene rings is 1. The molecule has 1 aromatic carbocycles. The number of rotatable bonds is 3. The summed E-state index contributed by atoms with van der Waals surface area (Å²) in [6.45, 7) is 5.94. The van der Waals surface area contributed by atoms with E-state index in [4.69, 9.17) is 17.3 Å². The molecule has 1 amide bonds. The monoisotopic (exact) mass is 458 g/mol. The number of nitrogens with two attached hydrogens (primary N) is 1. The molecule has 0 unspecified atom stereocenters. The number of carbonyl (C=O) groups excluding carboxylic acids is 1. The van der Waals surface area contributed by atoms with Crippen molar-refractivity contribution in [1.82, 2.24) is 14.8 Å². The minimum Gasteiger partial charge on any atom is -0.399 e. The van der Waals surface area contributed by atoms with E-state index in [2.05, 4.69) is 15.3 Å². The molecule has 0 bridgehead atoms. The average Bonchev–Trinajstić information content (AvgIpc) is 2.92. The summed E-state index contributed by atoms with van der Waals surface area (Å²) >= 11 is 7.81. The topological polar surface area (TPSA) is 62.5 Å². The van der Waals surface area contributed by atoms with E-state index in [-0.39, 0.29) is 43.1 Å².